The van der Waals surface area contributed by atoms with Gasteiger partial charge in [-0.15, -0.1) is 0 Å². The van der Waals surface area contributed by atoms with E-state index in [9.17, 15) is 4.79 Å². The van der Waals surface area contributed by atoms with Crippen molar-refractivity contribution in [2.24, 2.45) is 0 Å². The number of carbonyl (C=O) groups is 1. The van der Waals surface area contributed by atoms with Gasteiger partial charge in [0.1, 0.15) is 5.75 Å². The Balaban J connectivity index is 1.92. The average molecular weight is 336 g/mol. The van der Waals surface area contributed by atoms with Crippen LogP contribution >= 0.6 is 0 Å². The summed E-state index contributed by atoms with van der Waals surface area (Å²) in [5.41, 5.74) is 2.67. The second-order valence-electron chi connectivity index (χ2n) is 6.29. The lowest BCUT2D eigenvalue weighted by Crippen LogP contribution is -2.47. The average Bonchev–Trinajstić information content (AvgIpc) is 2.67. The van der Waals surface area contributed by atoms with E-state index in [-0.39, 0.29) is 5.91 Å². The number of likely N-dealkylation sites (N-methyl/N-ethyl adjacent to an activating group) is 1. The quantitative estimate of drug-likeness (QED) is 0.636. The lowest BCUT2D eigenvalue weighted by Gasteiger charge is -2.33. The van der Waals surface area contributed by atoms with Crippen LogP contribution in [0.15, 0.2) is 54.6 Å². The van der Waals surface area contributed by atoms with Crippen molar-refractivity contribution >= 4 is 17.6 Å². The summed E-state index contributed by atoms with van der Waals surface area (Å²) in [5, 5.41) is 0. The smallest absolute Gasteiger partial charge is 0.254 e. The number of nitrogens with zero attached hydrogens (tertiary/aromatic N) is 2. The molecular formula is C21H24N2O2. The summed E-state index contributed by atoms with van der Waals surface area (Å²) in [6, 6.07) is 17.6. The zero-order valence-electron chi connectivity index (χ0n) is 14.8. The Morgan fingerprint density at radius 1 is 0.960 bits per heavy atom. The molecule has 0 aromatic heterocycles. The normalized spacial score (nSPS) is 15.9. The van der Waals surface area contributed by atoms with Gasteiger partial charge in [0.15, 0.2) is 0 Å². The number of amides is 1. The van der Waals surface area contributed by atoms with E-state index in [0.29, 0.717) is 0 Å². The van der Waals surface area contributed by atoms with Gasteiger partial charge >= 0.3 is 0 Å². The van der Waals surface area contributed by atoms with Gasteiger partial charge in [0.05, 0.1) is 7.11 Å². The van der Waals surface area contributed by atoms with E-state index < -0.39 is 0 Å². The number of piperazine rings is 1. The van der Waals surface area contributed by atoms with Crippen molar-refractivity contribution in [3.8, 4) is 5.75 Å². The van der Waals surface area contributed by atoms with Gasteiger partial charge in [-0.2, -0.15) is 0 Å². The fourth-order valence-corrected chi connectivity index (χ4v) is 2.93. The first-order valence-corrected chi connectivity index (χ1v) is 8.56. The molecule has 0 unspecified atom stereocenters. The minimum absolute atomic E-state index is 0.0927. The van der Waals surface area contributed by atoms with E-state index in [2.05, 4.69) is 11.9 Å². The highest BCUT2D eigenvalue weighted by Crippen LogP contribution is 2.23. The Morgan fingerprint density at radius 3 is 2.20 bits per heavy atom. The van der Waals surface area contributed by atoms with Gasteiger partial charge in [-0.25, -0.2) is 0 Å². The Hall–Kier alpha value is -2.59. The Morgan fingerprint density at radius 2 is 1.60 bits per heavy atom. The Bertz CT molecular complexity index is 730. The van der Waals surface area contributed by atoms with E-state index in [1.165, 1.54) is 0 Å². The lowest BCUT2D eigenvalue weighted by molar-refractivity contribution is -0.126. The summed E-state index contributed by atoms with van der Waals surface area (Å²) >= 11 is 0. The van der Waals surface area contributed by atoms with Crippen LogP contribution in [0.1, 0.15) is 11.1 Å². The second kappa shape index (κ2) is 7.99. The Kier molecular flexibility index (Phi) is 5.51. The largest absolute Gasteiger partial charge is 0.497 e. The highest BCUT2D eigenvalue weighted by molar-refractivity contribution is 6.24. The van der Waals surface area contributed by atoms with E-state index in [1.54, 1.807) is 7.11 Å². The Labute approximate surface area is 149 Å². The molecule has 0 atom stereocenters. The van der Waals surface area contributed by atoms with Gasteiger partial charge in [0, 0.05) is 31.8 Å². The molecule has 2 aromatic rings. The number of benzene rings is 2. The zero-order chi connectivity index (χ0) is 17.6. The third-order valence-corrected chi connectivity index (χ3v) is 4.53. The molecule has 0 saturated carbocycles. The molecule has 1 saturated heterocycles. The molecule has 1 heterocycles. The number of hydrogen-bond donors (Lipinski definition) is 0. The van der Waals surface area contributed by atoms with Crippen LogP contribution in [0, 0.1) is 0 Å². The maximum atomic E-state index is 13.1. The van der Waals surface area contributed by atoms with Crippen LogP contribution in [0.3, 0.4) is 0 Å². The summed E-state index contributed by atoms with van der Waals surface area (Å²) < 4.78 is 5.21. The monoisotopic (exact) mass is 336 g/mol. The first-order chi connectivity index (χ1) is 12.2. The van der Waals surface area contributed by atoms with Gasteiger partial charge in [-0.3, -0.25) is 4.79 Å². The molecule has 4 heteroatoms. The number of rotatable bonds is 4. The summed E-state index contributed by atoms with van der Waals surface area (Å²) in [4.78, 5) is 17.3. The molecule has 0 radical (unpaired) electrons. The summed E-state index contributed by atoms with van der Waals surface area (Å²) in [5.74, 6) is 0.902. The molecule has 0 N–H and O–H groups in total. The predicted molar refractivity (Wildman–Crippen MR) is 101 cm³/mol. The third-order valence-electron chi connectivity index (χ3n) is 4.53. The molecular weight excluding hydrogens is 312 g/mol. The third kappa shape index (κ3) is 4.28. The van der Waals surface area contributed by atoms with Crippen LogP contribution in [-0.4, -0.2) is 56.0 Å². The fraction of sp³-hybridized carbons (Fsp3) is 0.286. The first-order valence-electron chi connectivity index (χ1n) is 8.56. The topological polar surface area (TPSA) is 32.8 Å². The molecule has 1 aliphatic heterocycles. The minimum atomic E-state index is 0.0927. The van der Waals surface area contributed by atoms with E-state index in [0.717, 1.165) is 48.6 Å². The molecule has 2 aromatic carbocycles. The van der Waals surface area contributed by atoms with Gasteiger partial charge < -0.3 is 14.5 Å². The first kappa shape index (κ1) is 17.2. The SMILES string of the molecule is COc1ccc(/C=C(/C(=O)N2CCN(C)CC2)c2ccccc2)cc1. The highest BCUT2D eigenvalue weighted by atomic mass is 16.5. The molecule has 0 aliphatic carbocycles. The number of methoxy groups -OCH3 is 1. The van der Waals surface area contributed by atoms with Crippen LogP contribution in [-0.2, 0) is 4.79 Å². The maximum absolute atomic E-state index is 13.1. The molecule has 1 amide bonds. The van der Waals surface area contributed by atoms with Gasteiger partial charge in [-0.1, -0.05) is 42.5 Å². The second-order valence-corrected chi connectivity index (χ2v) is 6.29. The fourth-order valence-electron chi connectivity index (χ4n) is 2.93. The molecule has 1 aliphatic rings. The number of ether oxygens (including phenoxy) is 1. The summed E-state index contributed by atoms with van der Waals surface area (Å²) in [6.45, 7) is 3.36. The van der Waals surface area contributed by atoms with E-state index in [1.807, 2.05) is 65.6 Å². The van der Waals surface area contributed by atoms with Crippen LogP contribution < -0.4 is 4.74 Å². The lowest BCUT2D eigenvalue weighted by atomic mass is 10.0. The van der Waals surface area contributed by atoms with Crippen molar-refractivity contribution in [2.45, 2.75) is 0 Å². The van der Waals surface area contributed by atoms with Crippen molar-refractivity contribution < 1.29 is 9.53 Å². The summed E-state index contributed by atoms with van der Waals surface area (Å²) in [7, 11) is 3.74. The van der Waals surface area contributed by atoms with Crippen LogP contribution in [0.4, 0.5) is 0 Å². The van der Waals surface area contributed by atoms with Crippen molar-refractivity contribution in [1.29, 1.82) is 0 Å². The van der Waals surface area contributed by atoms with Crippen molar-refractivity contribution in [2.75, 3.05) is 40.3 Å². The maximum Gasteiger partial charge on any atom is 0.254 e. The van der Waals surface area contributed by atoms with Crippen molar-refractivity contribution in [3.05, 3.63) is 65.7 Å². The van der Waals surface area contributed by atoms with Crippen molar-refractivity contribution in [3.63, 3.8) is 0 Å². The van der Waals surface area contributed by atoms with E-state index in [4.69, 9.17) is 4.74 Å². The minimum Gasteiger partial charge on any atom is -0.497 e. The van der Waals surface area contributed by atoms with Crippen LogP contribution in [0.2, 0.25) is 0 Å². The van der Waals surface area contributed by atoms with E-state index >= 15 is 0 Å². The standard InChI is InChI=1S/C21H24N2O2/c1-22-12-14-23(15-13-22)21(24)20(18-6-4-3-5-7-18)16-17-8-10-19(25-2)11-9-17/h3-11,16H,12-15H2,1-2H3/b20-16+. The van der Waals surface area contributed by atoms with Crippen molar-refractivity contribution in [1.82, 2.24) is 9.80 Å². The molecule has 25 heavy (non-hydrogen) atoms. The molecule has 0 bridgehead atoms. The predicted octanol–water partition coefficient (Wildman–Crippen LogP) is 3.01. The molecule has 3 rings (SSSR count). The zero-order valence-corrected chi connectivity index (χ0v) is 14.8. The van der Waals surface area contributed by atoms with Crippen LogP contribution in [0.5, 0.6) is 5.75 Å². The highest BCUT2D eigenvalue weighted by Gasteiger charge is 2.23. The van der Waals surface area contributed by atoms with Gasteiger partial charge in [0.25, 0.3) is 5.91 Å². The van der Waals surface area contributed by atoms with Gasteiger partial charge in [-0.05, 0) is 36.4 Å². The number of carbonyl (C=O) groups excluding carboxylic acids is 1. The molecule has 4 nitrogen and oxygen atoms in total. The molecule has 1 fully saturated rings. The van der Waals surface area contributed by atoms with Crippen LogP contribution in [0.25, 0.3) is 11.6 Å². The molecule has 130 valence electrons. The molecule has 0 spiro atoms. The number of hydrogen-bond acceptors (Lipinski definition) is 3. The summed E-state index contributed by atoms with van der Waals surface area (Å²) in [6.07, 6.45) is 1.97. The van der Waals surface area contributed by atoms with Gasteiger partial charge in [0.2, 0.25) is 0 Å².